The molecule has 0 unspecified atom stereocenters. The molecule has 2 heterocycles. The molecule has 25 heavy (non-hydrogen) atoms. The normalized spacial score (nSPS) is 19.3. The lowest BCUT2D eigenvalue weighted by atomic mass is 10.0. The van der Waals surface area contributed by atoms with Crippen molar-refractivity contribution in [1.29, 1.82) is 0 Å². The van der Waals surface area contributed by atoms with Crippen molar-refractivity contribution in [3.05, 3.63) is 65.5 Å². The Balaban J connectivity index is 1.67. The molecule has 0 spiro atoms. The summed E-state index contributed by atoms with van der Waals surface area (Å²) in [4.78, 5) is 7.56. The zero-order valence-electron chi connectivity index (χ0n) is 15.8. The lowest BCUT2D eigenvalue weighted by Crippen LogP contribution is -2.33. The number of hydrogen-bond acceptors (Lipinski definition) is 3. The highest BCUT2D eigenvalue weighted by atomic mass is 15.2. The fourth-order valence-corrected chi connectivity index (χ4v) is 3.73. The standard InChI is InChI=1S/C22H31N3/c1-17(20-11-6-4-7-12-20)23-18(2)21-13-10-14-22(24-21)19(3)25-15-8-5-9-16-25/h4,6-7,10-14,17-19,23H,5,8-9,15-16H2,1-3H3/t17-,18-,19+/m0/s1. The van der Waals surface area contributed by atoms with E-state index in [0.717, 1.165) is 5.69 Å². The van der Waals surface area contributed by atoms with Gasteiger partial charge < -0.3 is 5.32 Å². The molecule has 134 valence electrons. The maximum Gasteiger partial charge on any atom is 0.0576 e. The molecular formula is C22H31N3. The molecule has 1 saturated heterocycles. The zero-order valence-corrected chi connectivity index (χ0v) is 15.8. The van der Waals surface area contributed by atoms with Crippen molar-refractivity contribution in [2.24, 2.45) is 0 Å². The van der Waals surface area contributed by atoms with Gasteiger partial charge in [0.25, 0.3) is 0 Å². The number of aromatic nitrogens is 1. The smallest absolute Gasteiger partial charge is 0.0576 e. The van der Waals surface area contributed by atoms with Gasteiger partial charge in [-0.15, -0.1) is 0 Å². The predicted molar refractivity (Wildman–Crippen MR) is 104 cm³/mol. The third-order valence-corrected chi connectivity index (χ3v) is 5.40. The Hall–Kier alpha value is -1.71. The summed E-state index contributed by atoms with van der Waals surface area (Å²) in [7, 11) is 0. The molecule has 0 bridgehead atoms. The van der Waals surface area contributed by atoms with Crippen LogP contribution in [0.1, 0.15) is 75.1 Å². The SMILES string of the molecule is C[C@H](N[C@@H](C)c1cccc([C@@H](C)N2CCCCC2)n1)c1ccccc1. The van der Waals surface area contributed by atoms with Gasteiger partial charge in [0.15, 0.2) is 0 Å². The number of pyridine rings is 1. The van der Waals surface area contributed by atoms with Crippen molar-refractivity contribution in [3.8, 4) is 0 Å². The summed E-state index contributed by atoms with van der Waals surface area (Å²) < 4.78 is 0. The Labute approximate surface area is 152 Å². The fourth-order valence-electron chi connectivity index (χ4n) is 3.73. The van der Waals surface area contributed by atoms with Crippen molar-refractivity contribution in [2.75, 3.05) is 13.1 Å². The van der Waals surface area contributed by atoms with E-state index in [9.17, 15) is 0 Å². The first kappa shape index (κ1) is 18.1. The largest absolute Gasteiger partial charge is 0.302 e. The molecule has 1 N–H and O–H groups in total. The summed E-state index contributed by atoms with van der Waals surface area (Å²) in [5.41, 5.74) is 3.64. The topological polar surface area (TPSA) is 28.2 Å². The van der Waals surface area contributed by atoms with Crippen LogP contribution in [-0.2, 0) is 0 Å². The molecule has 1 aromatic carbocycles. The molecule has 3 nitrogen and oxygen atoms in total. The van der Waals surface area contributed by atoms with Gasteiger partial charge in [-0.1, -0.05) is 42.8 Å². The van der Waals surface area contributed by atoms with Gasteiger partial charge in [0.05, 0.1) is 11.4 Å². The van der Waals surface area contributed by atoms with E-state index in [4.69, 9.17) is 4.98 Å². The lowest BCUT2D eigenvalue weighted by Gasteiger charge is -2.32. The van der Waals surface area contributed by atoms with Crippen molar-refractivity contribution in [3.63, 3.8) is 0 Å². The van der Waals surface area contributed by atoms with Gasteiger partial charge in [0, 0.05) is 18.1 Å². The van der Waals surface area contributed by atoms with E-state index in [2.05, 4.69) is 79.5 Å². The van der Waals surface area contributed by atoms with Crippen molar-refractivity contribution < 1.29 is 0 Å². The van der Waals surface area contributed by atoms with Crippen LogP contribution in [0.3, 0.4) is 0 Å². The maximum atomic E-state index is 4.99. The first-order chi connectivity index (χ1) is 12.1. The second-order valence-electron chi connectivity index (χ2n) is 7.28. The number of hydrogen-bond donors (Lipinski definition) is 1. The van der Waals surface area contributed by atoms with Crippen LogP contribution in [0.4, 0.5) is 0 Å². The summed E-state index contributed by atoms with van der Waals surface area (Å²) in [6.45, 7) is 9.11. The summed E-state index contributed by atoms with van der Waals surface area (Å²) in [6, 6.07) is 18.0. The fraction of sp³-hybridized carbons (Fsp3) is 0.500. The van der Waals surface area contributed by atoms with Crippen molar-refractivity contribution in [2.45, 2.75) is 58.2 Å². The van der Waals surface area contributed by atoms with Crippen LogP contribution in [0.5, 0.6) is 0 Å². The van der Waals surface area contributed by atoms with Gasteiger partial charge in [-0.2, -0.15) is 0 Å². The Morgan fingerprint density at radius 2 is 1.48 bits per heavy atom. The molecule has 2 aromatic rings. The minimum Gasteiger partial charge on any atom is -0.302 e. The van der Waals surface area contributed by atoms with Gasteiger partial charge in [0.2, 0.25) is 0 Å². The van der Waals surface area contributed by atoms with Crippen molar-refractivity contribution >= 4 is 0 Å². The van der Waals surface area contributed by atoms with Crippen LogP contribution in [-0.4, -0.2) is 23.0 Å². The van der Waals surface area contributed by atoms with E-state index in [0.29, 0.717) is 12.1 Å². The average molecular weight is 338 g/mol. The minimum absolute atomic E-state index is 0.226. The number of rotatable bonds is 6. The van der Waals surface area contributed by atoms with E-state index >= 15 is 0 Å². The summed E-state index contributed by atoms with van der Waals surface area (Å²) in [6.07, 6.45) is 4.00. The minimum atomic E-state index is 0.226. The van der Waals surface area contributed by atoms with Crippen LogP contribution in [0.15, 0.2) is 48.5 Å². The number of benzene rings is 1. The van der Waals surface area contributed by atoms with Crippen LogP contribution < -0.4 is 5.32 Å². The van der Waals surface area contributed by atoms with E-state index in [-0.39, 0.29) is 6.04 Å². The molecule has 0 saturated carbocycles. The summed E-state index contributed by atoms with van der Waals surface area (Å²) in [5, 5.41) is 3.68. The highest BCUT2D eigenvalue weighted by Gasteiger charge is 2.20. The van der Waals surface area contributed by atoms with Crippen LogP contribution in [0, 0.1) is 0 Å². The van der Waals surface area contributed by atoms with Gasteiger partial charge in [-0.25, -0.2) is 0 Å². The average Bonchev–Trinajstić information content (AvgIpc) is 2.68. The van der Waals surface area contributed by atoms with Gasteiger partial charge in [-0.3, -0.25) is 9.88 Å². The van der Waals surface area contributed by atoms with Gasteiger partial charge in [0.1, 0.15) is 0 Å². The maximum absolute atomic E-state index is 4.99. The highest BCUT2D eigenvalue weighted by Crippen LogP contribution is 2.24. The molecule has 0 amide bonds. The van der Waals surface area contributed by atoms with Crippen LogP contribution in [0.2, 0.25) is 0 Å². The molecule has 1 aliphatic rings. The molecular weight excluding hydrogens is 306 g/mol. The second-order valence-corrected chi connectivity index (χ2v) is 7.28. The Bertz CT molecular complexity index is 649. The monoisotopic (exact) mass is 337 g/mol. The van der Waals surface area contributed by atoms with Crippen LogP contribution >= 0.6 is 0 Å². The Morgan fingerprint density at radius 1 is 0.800 bits per heavy atom. The first-order valence-corrected chi connectivity index (χ1v) is 9.67. The zero-order chi connectivity index (χ0) is 17.6. The molecule has 0 radical (unpaired) electrons. The summed E-state index contributed by atoms with van der Waals surface area (Å²) >= 11 is 0. The van der Waals surface area contributed by atoms with E-state index < -0.39 is 0 Å². The quantitative estimate of drug-likeness (QED) is 0.800. The summed E-state index contributed by atoms with van der Waals surface area (Å²) in [5.74, 6) is 0. The Morgan fingerprint density at radius 3 is 2.20 bits per heavy atom. The molecule has 1 fully saturated rings. The second kappa shape index (κ2) is 8.59. The molecule has 1 aromatic heterocycles. The highest BCUT2D eigenvalue weighted by molar-refractivity contribution is 5.20. The van der Waals surface area contributed by atoms with Gasteiger partial charge >= 0.3 is 0 Å². The molecule has 3 heteroatoms. The van der Waals surface area contributed by atoms with E-state index in [1.54, 1.807) is 0 Å². The van der Waals surface area contributed by atoms with E-state index in [1.807, 2.05) is 0 Å². The molecule has 3 atom stereocenters. The lowest BCUT2D eigenvalue weighted by molar-refractivity contribution is 0.171. The predicted octanol–water partition coefficient (Wildman–Crippen LogP) is 5.04. The molecule has 3 rings (SSSR count). The number of nitrogens with one attached hydrogen (secondary N) is 1. The number of likely N-dealkylation sites (tertiary alicyclic amines) is 1. The number of piperidine rings is 1. The van der Waals surface area contributed by atoms with Gasteiger partial charge in [-0.05, 0) is 64.4 Å². The third-order valence-electron chi connectivity index (χ3n) is 5.40. The Kier molecular flexibility index (Phi) is 6.22. The molecule has 1 aliphatic heterocycles. The first-order valence-electron chi connectivity index (χ1n) is 9.67. The van der Waals surface area contributed by atoms with E-state index in [1.165, 1.54) is 43.6 Å². The van der Waals surface area contributed by atoms with Crippen molar-refractivity contribution in [1.82, 2.24) is 15.2 Å². The molecule has 0 aliphatic carbocycles. The third kappa shape index (κ3) is 4.68. The van der Waals surface area contributed by atoms with Crippen LogP contribution in [0.25, 0.3) is 0 Å². The number of nitrogens with zero attached hydrogens (tertiary/aromatic N) is 2.